The Labute approximate surface area is 154 Å². The molecule has 0 bridgehead atoms. The van der Waals surface area contributed by atoms with Crippen molar-refractivity contribution in [3.8, 4) is 0 Å². The van der Waals surface area contributed by atoms with E-state index in [-0.39, 0.29) is 0 Å². The molecule has 4 nitrogen and oxygen atoms in total. The second kappa shape index (κ2) is 6.20. The van der Waals surface area contributed by atoms with E-state index in [2.05, 4.69) is 59.3 Å². The molecule has 4 heteroatoms. The van der Waals surface area contributed by atoms with Crippen LogP contribution in [0.1, 0.15) is 66.7 Å². The SMILES string of the molecule is CC(C)c1ccc2c(CN3CCc4cnc(C5CC5)nc4C3)c[nH]c2c1. The van der Waals surface area contributed by atoms with Crippen LogP contribution in [0, 0.1) is 0 Å². The van der Waals surface area contributed by atoms with Crippen molar-refractivity contribution in [2.45, 2.75) is 58.0 Å². The van der Waals surface area contributed by atoms with Crippen molar-refractivity contribution in [2.24, 2.45) is 0 Å². The Morgan fingerprint density at radius 3 is 2.96 bits per heavy atom. The average Bonchev–Trinajstić information content (AvgIpc) is 3.43. The molecule has 1 aromatic carbocycles. The van der Waals surface area contributed by atoms with Crippen LogP contribution in [-0.2, 0) is 19.5 Å². The Hall–Kier alpha value is -2.20. The van der Waals surface area contributed by atoms with Crippen LogP contribution in [-0.4, -0.2) is 26.4 Å². The highest BCUT2D eigenvalue weighted by Gasteiger charge is 2.28. The molecule has 0 spiro atoms. The first-order chi connectivity index (χ1) is 12.7. The molecule has 0 radical (unpaired) electrons. The van der Waals surface area contributed by atoms with Crippen molar-refractivity contribution in [3.05, 3.63) is 58.8 Å². The maximum Gasteiger partial charge on any atom is 0.131 e. The van der Waals surface area contributed by atoms with Crippen molar-refractivity contribution in [1.82, 2.24) is 19.9 Å². The standard InChI is InChI=1S/C22H26N4/c1-14(2)16-5-6-19-18(11-23-20(19)9-16)12-26-8-7-17-10-24-22(15-3-4-15)25-21(17)13-26/h5-6,9-11,14-15,23H,3-4,7-8,12-13H2,1-2H3. The van der Waals surface area contributed by atoms with Gasteiger partial charge in [0.1, 0.15) is 5.82 Å². The highest BCUT2D eigenvalue weighted by Crippen LogP contribution is 2.38. The summed E-state index contributed by atoms with van der Waals surface area (Å²) in [5, 5.41) is 1.35. The Bertz CT molecular complexity index is 952. The molecule has 5 rings (SSSR count). The lowest BCUT2D eigenvalue weighted by Gasteiger charge is -2.27. The van der Waals surface area contributed by atoms with Gasteiger partial charge < -0.3 is 4.98 Å². The summed E-state index contributed by atoms with van der Waals surface area (Å²) in [6.45, 7) is 7.48. The molecule has 0 saturated heterocycles. The van der Waals surface area contributed by atoms with Crippen molar-refractivity contribution in [1.29, 1.82) is 0 Å². The third kappa shape index (κ3) is 2.92. The molecule has 1 saturated carbocycles. The first kappa shape index (κ1) is 16.0. The highest BCUT2D eigenvalue weighted by molar-refractivity contribution is 5.83. The molecule has 1 aliphatic carbocycles. The number of hydrogen-bond donors (Lipinski definition) is 1. The molecule has 3 aromatic rings. The van der Waals surface area contributed by atoms with E-state index in [1.54, 1.807) is 0 Å². The highest BCUT2D eigenvalue weighted by atomic mass is 15.1. The maximum absolute atomic E-state index is 4.89. The van der Waals surface area contributed by atoms with Gasteiger partial charge in [-0.2, -0.15) is 0 Å². The van der Waals surface area contributed by atoms with E-state index in [0.717, 1.165) is 31.9 Å². The zero-order valence-corrected chi connectivity index (χ0v) is 15.6. The van der Waals surface area contributed by atoms with Gasteiger partial charge >= 0.3 is 0 Å². The number of fused-ring (bicyclic) bond motifs is 2. The molecule has 3 heterocycles. The molecule has 0 atom stereocenters. The van der Waals surface area contributed by atoms with Crippen LogP contribution in [0.4, 0.5) is 0 Å². The summed E-state index contributed by atoms with van der Waals surface area (Å²) < 4.78 is 0. The largest absolute Gasteiger partial charge is 0.361 e. The second-order valence-electron chi connectivity index (χ2n) is 8.21. The van der Waals surface area contributed by atoms with Crippen molar-refractivity contribution in [3.63, 3.8) is 0 Å². The molecule has 1 N–H and O–H groups in total. The van der Waals surface area contributed by atoms with E-state index in [9.17, 15) is 0 Å². The minimum Gasteiger partial charge on any atom is -0.361 e. The van der Waals surface area contributed by atoms with Gasteiger partial charge in [0.05, 0.1) is 5.69 Å². The third-order valence-corrected chi connectivity index (χ3v) is 5.84. The third-order valence-electron chi connectivity index (χ3n) is 5.84. The quantitative estimate of drug-likeness (QED) is 0.755. The van der Waals surface area contributed by atoms with Crippen LogP contribution >= 0.6 is 0 Å². The van der Waals surface area contributed by atoms with Gasteiger partial charge in [0.2, 0.25) is 0 Å². The van der Waals surface area contributed by atoms with E-state index in [4.69, 9.17) is 4.98 Å². The minimum absolute atomic E-state index is 0.560. The molecule has 2 aromatic heterocycles. The minimum atomic E-state index is 0.560. The number of H-pyrrole nitrogens is 1. The van der Waals surface area contributed by atoms with Crippen LogP contribution < -0.4 is 0 Å². The molecular weight excluding hydrogens is 320 g/mol. The van der Waals surface area contributed by atoms with Gasteiger partial charge in [0, 0.05) is 48.8 Å². The number of aromatic nitrogens is 3. The average molecular weight is 346 g/mol. The van der Waals surface area contributed by atoms with E-state index in [1.807, 2.05) is 0 Å². The molecule has 0 amide bonds. The monoisotopic (exact) mass is 346 g/mol. The molecular formula is C22H26N4. The molecule has 134 valence electrons. The lowest BCUT2D eigenvalue weighted by Crippen LogP contribution is -2.31. The molecule has 1 fully saturated rings. The van der Waals surface area contributed by atoms with Crippen LogP contribution in [0.25, 0.3) is 10.9 Å². The molecule has 2 aliphatic rings. The maximum atomic E-state index is 4.89. The van der Waals surface area contributed by atoms with Gasteiger partial charge in [-0.25, -0.2) is 9.97 Å². The Morgan fingerprint density at radius 2 is 2.15 bits per heavy atom. The number of hydrogen-bond acceptors (Lipinski definition) is 3. The van der Waals surface area contributed by atoms with Gasteiger partial charge in [0.15, 0.2) is 0 Å². The predicted octanol–water partition coefficient (Wildman–Crippen LogP) is 4.52. The zero-order valence-electron chi connectivity index (χ0n) is 15.6. The van der Waals surface area contributed by atoms with E-state index < -0.39 is 0 Å². The first-order valence-corrected chi connectivity index (χ1v) is 9.84. The number of nitrogens with one attached hydrogen (secondary N) is 1. The van der Waals surface area contributed by atoms with Crippen LogP contribution in [0.3, 0.4) is 0 Å². The first-order valence-electron chi connectivity index (χ1n) is 9.84. The topological polar surface area (TPSA) is 44.8 Å². The Kier molecular flexibility index (Phi) is 3.82. The van der Waals surface area contributed by atoms with Crippen molar-refractivity contribution in [2.75, 3.05) is 6.54 Å². The van der Waals surface area contributed by atoms with Crippen molar-refractivity contribution < 1.29 is 0 Å². The fraction of sp³-hybridized carbons (Fsp3) is 0.455. The fourth-order valence-corrected chi connectivity index (χ4v) is 3.98. The van der Waals surface area contributed by atoms with Gasteiger partial charge in [-0.15, -0.1) is 0 Å². The van der Waals surface area contributed by atoms with E-state index >= 15 is 0 Å². The summed E-state index contributed by atoms with van der Waals surface area (Å²) in [7, 11) is 0. The van der Waals surface area contributed by atoms with Gasteiger partial charge in [-0.05, 0) is 47.9 Å². The number of nitrogens with zero attached hydrogens (tertiary/aromatic N) is 3. The van der Waals surface area contributed by atoms with Crippen molar-refractivity contribution >= 4 is 10.9 Å². The normalized spacial score (nSPS) is 17.8. The molecule has 0 unspecified atom stereocenters. The Balaban J connectivity index is 1.37. The number of aromatic amines is 1. The fourth-order valence-electron chi connectivity index (χ4n) is 3.98. The van der Waals surface area contributed by atoms with E-state index in [1.165, 1.54) is 46.1 Å². The summed E-state index contributed by atoms with van der Waals surface area (Å²) in [6, 6.07) is 6.84. The predicted molar refractivity (Wildman–Crippen MR) is 104 cm³/mol. The summed E-state index contributed by atoms with van der Waals surface area (Å²) in [5.74, 6) is 2.25. The Morgan fingerprint density at radius 1 is 1.27 bits per heavy atom. The lowest BCUT2D eigenvalue weighted by atomic mass is 10.0. The van der Waals surface area contributed by atoms with Crippen LogP contribution in [0.15, 0.2) is 30.6 Å². The summed E-state index contributed by atoms with van der Waals surface area (Å²) in [4.78, 5) is 15.5. The summed E-state index contributed by atoms with van der Waals surface area (Å²) in [6.07, 6.45) is 7.83. The van der Waals surface area contributed by atoms with Gasteiger partial charge in [-0.3, -0.25) is 4.90 Å². The smallest absolute Gasteiger partial charge is 0.131 e. The number of rotatable bonds is 4. The van der Waals surface area contributed by atoms with E-state index in [0.29, 0.717) is 11.8 Å². The lowest BCUT2D eigenvalue weighted by molar-refractivity contribution is 0.241. The summed E-state index contributed by atoms with van der Waals surface area (Å²) >= 11 is 0. The summed E-state index contributed by atoms with van der Waals surface area (Å²) in [5.41, 5.74) is 6.61. The van der Waals surface area contributed by atoms with Gasteiger partial charge in [0.25, 0.3) is 0 Å². The van der Waals surface area contributed by atoms with Crippen LogP contribution in [0.2, 0.25) is 0 Å². The molecule has 1 aliphatic heterocycles. The van der Waals surface area contributed by atoms with Gasteiger partial charge in [-0.1, -0.05) is 26.0 Å². The zero-order chi connectivity index (χ0) is 17.7. The van der Waals surface area contributed by atoms with Crippen LogP contribution in [0.5, 0.6) is 0 Å². The molecule has 26 heavy (non-hydrogen) atoms. The number of benzene rings is 1. The second-order valence-corrected chi connectivity index (χ2v) is 8.21.